The molecular weight excluding hydrogens is 282 g/mol. The van der Waals surface area contributed by atoms with Crippen LogP contribution in [0.25, 0.3) is 0 Å². The molecule has 0 spiro atoms. The van der Waals surface area contributed by atoms with Gasteiger partial charge in [-0.2, -0.15) is 0 Å². The van der Waals surface area contributed by atoms with Gasteiger partial charge in [-0.1, -0.05) is 29.8 Å². The summed E-state index contributed by atoms with van der Waals surface area (Å²) in [7, 11) is 0. The monoisotopic (exact) mass is 305 g/mol. The molecule has 1 amide bonds. The summed E-state index contributed by atoms with van der Waals surface area (Å²) >= 11 is 3.55. The van der Waals surface area contributed by atoms with Crippen LogP contribution in [0, 0.1) is 5.41 Å². The highest BCUT2D eigenvalue weighted by Gasteiger charge is 2.30. The van der Waals surface area contributed by atoms with Crippen LogP contribution in [0.3, 0.4) is 0 Å². The van der Waals surface area contributed by atoms with Gasteiger partial charge in [-0.3, -0.25) is 4.79 Å². The molecule has 2 atom stereocenters. The van der Waals surface area contributed by atoms with Gasteiger partial charge in [0, 0.05) is 11.9 Å². The fraction of sp³-hybridized carbons (Fsp3) is 0.923. The lowest BCUT2D eigenvalue weighted by Crippen LogP contribution is -2.42. The average molecular weight is 306 g/mol. The van der Waals surface area contributed by atoms with Crippen LogP contribution < -0.4 is 5.32 Å². The highest BCUT2D eigenvalue weighted by atomic mass is 79.9. The van der Waals surface area contributed by atoms with Crippen molar-refractivity contribution in [3.63, 3.8) is 0 Å². The number of hydrogen-bond acceptors (Lipinski definition) is 2. The Morgan fingerprint density at radius 2 is 2.06 bits per heavy atom. The molecular formula is C13H24BrNO2. The van der Waals surface area contributed by atoms with Crippen molar-refractivity contribution in [1.82, 2.24) is 5.32 Å². The second-order valence-corrected chi connectivity index (χ2v) is 5.63. The molecule has 0 aromatic carbocycles. The Labute approximate surface area is 113 Å². The fourth-order valence-corrected chi connectivity index (χ4v) is 3.11. The molecule has 0 aromatic heterocycles. The molecule has 1 heterocycles. The zero-order valence-electron chi connectivity index (χ0n) is 11.1. The highest BCUT2D eigenvalue weighted by Crippen LogP contribution is 2.28. The van der Waals surface area contributed by atoms with E-state index in [1.54, 1.807) is 0 Å². The summed E-state index contributed by atoms with van der Waals surface area (Å²) in [4.78, 5) is 11.9. The number of ether oxygens (including phenoxy) is 1. The van der Waals surface area contributed by atoms with Gasteiger partial charge in [-0.25, -0.2) is 0 Å². The summed E-state index contributed by atoms with van der Waals surface area (Å²) in [6, 6.07) is 0. The molecule has 0 bridgehead atoms. The normalized spacial score (nSPS) is 24.9. The van der Waals surface area contributed by atoms with E-state index in [2.05, 4.69) is 35.1 Å². The van der Waals surface area contributed by atoms with Gasteiger partial charge in [0.05, 0.1) is 6.10 Å². The summed E-state index contributed by atoms with van der Waals surface area (Å²) in [6.45, 7) is 7.10. The molecule has 0 aromatic rings. The standard InChI is InChI=1S/C13H24BrNO2/c1-4-13(5-2,8-14)9-15-12(16)11-7-6-10(3)17-11/h10-11H,4-9H2,1-3H3,(H,15,16). The molecule has 0 saturated carbocycles. The maximum atomic E-state index is 11.9. The average Bonchev–Trinajstić information content (AvgIpc) is 2.78. The fourth-order valence-electron chi connectivity index (χ4n) is 2.12. The SMILES string of the molecule is CCC(CC)(CBr)CNC(=O)C1CCC(C)O1. The largest absolute Gasteiger partial charge is 0.365 e. The number of nitrogens with one attached hydrogen (secondary N) is 1. The molecule has 1 aliphatic heterocycles. The van der Waals surface area contributed by atoms with E-state index < -0.39 is 0 Å². The third-order valence-electron chi connectivity index (χ3n) is 3.95. The predicted molar refractivity (Wildman–Crippen MR) is 73.4 cm³/mol. The molecule has 3 nitrogen and oxygen atoms in total. The van der Waals surface area contributed by atoms with Crippen LogP contribution in [0.15, 0.2) is 0 Å². The Morgan fingerprint density at radius 1 is 1.41 bits per heavy atom. The molecule has 100 valence electrons. The van der Waals surface area contributed by atoms with Crippen LogP contribution in [-0.2, 0) is 9.53 Å². The van der Waals surface area contributed by atoms with E-state index in [1.165, 1.54) is 0 Å². The van der Waals surface area contributed by atoms with Crippen molar-refractivity contribution in [3.05, 3.63) is 0 Å². The minimum atomic E-state index is -0.230. The maximum Gasteiger partial charge on any atom is 0.249 e. The summed E-state index contributed by atoms with van der Waals surface area (Å²) in [5.74, 6) is 0.0570. The Bertz CT molecular complexity index is 246. The van der Waals surface area contributed by atoms with Crippen LogP contribution in [0.2, 0.25) is 0 Å². The topological polar surface area (TPSA) is 38.3 Å². The van der Waals surface area contributed by atoms with E-state index in [-0.39, 0.29) is 23.5 Å². The molecule has 0 aliphatic carbocycles. The van der Waals surface area contributed by atoms with Gasteiger partial charge in [0.2, 0.25) is 5.91 Å². The third-order valence-corrected chi connectivity index (χ3v) is 5.13. The van der Waals surface area contributed by atoms with Crippen LogP contribution in [0.5, 0.6) is 0 Å². The van der Waals surface area contributed by atoms with Crippen molar-refractivity contribution in [2.75, 3.05) is 11.9 Å². The summed E-state index contributed by atoms with van der Waals surface area (Å²) in [5, 5.41) is 3.97. The van der Waals surface area contributed by atoms with Crippen LogP contribution in [-0.4, -0.2) is 30.0 Å². The van der Waals surface area contributed by atoms with Crippen molar-refractivity contribution >= 4 is 21.8 Å². The molecule has 1 N–H and O–H groups in total. The van der Waals surface area contributed by atoms with E-state index in [9.17, 15) is 4.79 Å². The third kappa shape index (κ3) is 3.95. The Hall–Kier alpha value is -0.0900. The van der Waals surface area contributed by atoms with Crippen LogP contribution in [0.4, 0.5) is 0 Å². The number of rotatable bonds is 6. The van der Waals surface area contributed by atoms with Crippen molar-refractivity contribution in [1.29, 1.82) is 0 Å². The second kappa shape index (κ2) is 6.74. The molecule has 1 aliphatic rings. The lowest BCUT2D eigenvalue weighted by atomic mass is 9.84. The first kappa shape index (κ1) is 15.0. The van der Waals surface area contributed by atoms with Gasteiger partial charge >= 0.3 is 0 Å². The minimum Gasteiger partial charge on any atom is -0.365 e. The number of alkyl halides is 1. The lowest BCUT2D eigenvalue weighted by molar-refractivity contribution is -0.132. The Balaban J connectivity index is 2.41. The van der Waals surface area contributed by atoms with Crippen molar-refractivity contribution in [3.8, 4) is 0 Å². The zero-order chi connectivity index (χ0) is 12.9. The number of hydrogen-bond donors (Lipinski definition) is 1. The summed E-state index contributed by atoms with van der Waals surface area (Å²) in [5.41, 5.74) is 0.180. The lowest BCUT2D eigenvalue weighted by Gasteiger charge is -2.30. The first-order valence-electron chi connectivity index (χ1n) is 6.56. The highest BCUT2D eigenvalue weighted by molar-refractivity contribution is 9.09. The first-order valence-corrected chi connectivity index (χ1v) is 7.68. The van der Waals surface area contributed by atoms with E-state index in [0.717, 1.165) is 37.6 Å². The van der Waals surface area contributed by atoms with Gasteiger partial charge < -0.3 is 10.1 Å². The number of carbonyl (C=O) groups is 1. The van der Waals surface area contributed by atoms with E-state index in [4.69, 9.17) is 4.74 Å². The van der Waals surface area contributed by atoms with Crippen molar-refractivity contribution < 1.29 is 9.53 Å². The summed E-state index contributed by atoms with van der Waals surface area (Å²) in [6.07, 6.45) is 3.97. The first-order chi connectivity index (χ1) is 8.06. The van der Waals surface area contributed by atoms with E-state index in [1.807, 2.05) is 6.92 Å². The zero-order valence-corrected chi connectivity index (χ0v) is 12.7. The van der Waals surface area contributed by atoms with Gasteiger partial charge in [0.15, 0.2) is 0 Å². The van der Waals surface area contributed by atoms with E-state index >= 15 is 0 Å². The number of amides is 1. The summed E-state index contributed by atoms with van der Waals surface area (Å²) < 4.78 is 5.57. The minimum absolute atomic E-state index is 0.0570. The van der Waals surface area contributed by atoms with E-state index in [0.29, 0.717) is 0 Å². The van der Waals surface area contributed by atoms with Crippen molar-refractivity contribution in [2.24, 2.45) is 5.41 Å². The molecule has 17 heavy (non-hydrogen) atoms. The Kier molecular flexibility index (Phi) is 5.93. The molecule has 1 saturated heterocycles. The van der Waals surface area contributed by atoms with Crippen LogP contribution in [0.1, 0.15) is 46.5 Å². The second-order valence-electron chi connectivity index (χ2n) is 5.07. The number of halogens is 1. The molecule has 1 rings (SSSR count). The molecule has 1 fully saturated rings. The number of carbonyl (C=O) groups excluding carboxylic acids is 1. The molecule has 2 unspecified atom stereocenters. The van der Waals surface area contributed by atoms with Crippen molar-refractivity contribution in [2.45, 2.75) is 58.7 Å². The molecule has 0 radical (unpaired) electrons. The smallest absolute Gasteiger partial charge is 0.249 e. The van der Waals surface area contributed by atoms with Gasteiger partial charge in [0.1, 0.15) is 6.10 Å². The Morgan fingerprint density at radius 3 is 2.47 bits per heavy atom. The maximum absolute atomic E-state index is 11.9. The molecule has 4 heteroatoms. The predicted octanol–water partition coefficient (Wildman–Crippen LogP) is 2.87. The van der Waals surface area contributed by atoms with Gasteiger partial charge in [0.25, 0.3) is 0 Å². The van der Waals surface area contributed by atoms with Crippen LogP contribution >= 0.6 is 15.9 Å². The quantitative estimate of drug-likeness (QED) is 0.766. The van der Waals surface area contributed by atoms with Gasteiger partial charge in [-0.05, 0) is 38.0 Å². The van der Waals surface area contributed by atoms with Gasteiger partial charge in [-0.15, -0.1) is 0 Å².